The normalized spacial score (nSPS) is 16.7. The number of amidine groups is 1. The van der Waals surface area contributed by atoms with Gasteiger partial charge in [-0.25, -0.2) is 0 Å². The van der Waals surface area contributed by atoms with Crippen LogP contribution in [0.25, 0.3) is 6.08 Å². The predicted molar refractivity (Wildman–Crippen MR) is 79.4 cm³/mol. The fourth-order valence-electron chi connectivity index (χ4n) is 1.60. The number of thioether (sulfide) groups is 1. The van der Waals surface area contributed by atoms with Crippen molar-refractivity contribution in [2.24, 2.45) is 10.7 Å². The summed E-state index contributed by atoms with van der Waals surface area (Å²) in [4.78, 5) is 15.7. The molecular formula is C12H11BrN2O3S. The van der Waals surface area contributed by atoms with Gasteiger partial charge in [0.2, 0.25) is 0 Å². The van der Waals surface area contributed by atoms with Crippen molar-refractivity contribution >= 4 is 44.8 Å². The predicted octanol–water partition coefficient (Wildman–Crippen LogP) is 2.40. The second-order valence-corrected chi connectivity index (χ2v) is 5.52. The minimum atomic E-state index is -0.326. The van der Waals surface area contributed by atoms with E-state index in [-0.39, 0.29) is 11.1 Å². The summed E-state index contributed by atoms with van der Waals surface area (Å²) in [6.45, 7) is 0. The van der Waals surface area contributed by atoms with Crippen molar-refractivity contribution in [3.05, 3.63) is 27.1 Å². The van der Waals surface area contributed by atoms with E-state index in [9.17, 15) is 4.79 Å². The zero-order valence-electron chi connectivity index (χ0n) is 10.3. The van der Waals surface area contributed by atoms with Gasteiger partial charge >= 0.3 is 0 Å². The SMILES string of the molecule is COc1cc(/C=C2\SC(N)=NC2=O)cc(Br)c1OC. The molecule has 1 heterocycles. The lowest BCUT2D eigenvalue weighted by atomic mass is 10.2. The van der Waals surface area contributed by atoms with Crippen molar-refractivity contribution in [3.8, 4) is 11.5 Å². The fourth-order valence-corrected chi connectivity index (χ4v) is 2.90. The van der Waals surface area contributed by atoms with Crippen LogP contribution in [0.15, 0.2) is 26.5 Å². The van der Waals surface area contributed by atoms with Crippen LogP contribution in [-0.4, -0.2) is 25.3 Å². The van der Waals surface area contributed by atoms with Crippen LogP contribution >= 0.6 is 27.7 Å². The van der Waals surface area contributed by atoms with E-state index < -0.39 is 0 Å². The number of halogens is 1. The van der Waals surface area contributed by atoms with E-state index in [0.29, 0.717) is 16.4 Å². The highest BCUT2D eigenvalue weighted by molar-refractivity contribution is 9.10. The molecule has 0 fully saturated rings. The average molecular weight is 343 g/mol. The molecule has 5 nitrogen and oxygen atoms in total. The fraction of sp³-hybridized carbons (Fsp3) is 0.167. The second kappa shape index (κ2) is 5.66. The number of hydrogen-bond donors (Lipinski definition) is 1. The molecule has 0 radical (unpaired) electrons. The molecule has 1 amide bonds. The molecule has 0 spiro atoms. The smallest absolute Gasteiger partial charge is 0.286 e. The summed E-state index contributed by atoms with van der Waals surface area (Å²) in [5.41, 5.74) is 6.29. The van der Waals surface area contributed by atoms with Gasteiger partial charge in [-0.1, -0.05) is 0 Å². The van der Waals surface area contributed by atoms with Crippen molar-refractivity contribution in [1.82, 2.24) is 0 Å². The van der Waals surface area contributed by atoms with Gasteiger partial charge in [-0.05, 0) is 51.5 Å². The number of rotatable bonds is 3. The Kier molecular flexibility index (Phi) is 4.16. The first-order chi connectivity index (χ1) is 9.05. The number of nitrogens with zero attached hydrogens (tertiary/aromatic N) is 1. The van der Waals surface area contributed by atoms with Crippen molar-refractivity contribution < 1.29 is 14.3 Å². The summed E-state index contributed by atoms with van der Waals surface area (Å²) in [5.74, 6) is 0.854. The molecule has 0 bridgehead atoms. The Morgan fingerprint density at radius 3 is 2.63 bits per heavy atom. The molecule has 1 aliphatic heterocycles. The van der Waals surface area contributed by atoms with Crippen molar-refractivity contribution in [1.29, 1.82) is 0 Å². The first kappa shape index (κ1) is 14.0. The second-order valence-electron chi connectivity index (χ2n) is 3.60. The molecule has 19 heavy (non-hydrogen) atoms. The lowest BCUT2D eigenvalue weighted by Crippen LogP contribution is -2.01. The van der Waals surface area contributed by atoms with Gasteiger partial charge in [0.25, 0.3) is 5.91 Å². The molecule has 0 saturated carbocycles. The van der Waals surface area contributed by atoms with Gasteiger partial charge in [-0.3, -0.25) is 4.79 Å². The van der Waals surface area contributed by atoms with Crippen LogP contribution in [0, 0.1) is 0 Å². The number of hydrogen-bond acceptors (Lipinski definition) is 5. The minimum absolute atomic E-state index is 0.260. The number of amides is 1. The Morgan fingerprint density at radius 1 is 1.37 bits per heavy atom. The van der Waals surface area contributed by atoms with Gasteiger partial charge in [0, 0.05) is 0 Å². The Morgan fingerprint density at radius 2 is 2.11 bits per heavy atom. The molecule has 1 aromatic rings. The molecule has 100 valence electrons. The molecule has 1 aromatic carbocycles. The molecule has 7 heteroatoms. The van der Waals surface area contributed by atoms with Gasteiger partial charge in [-0.2, -0.15) is 4.99 Å². The topological polar surface area (TPSA) is 73.9 Å². The van der Waals surface area contributed by atoms with Gasteiger partial charge < -0.3 is 15.2 Å². The average Bonchev–Trinajstić information content (AvgIpc) is 2.67. The monoisotopic (exact) mass is 342 g/mol. The standard InChI is InChI=1S/C12H11BrN2O3S/c1-17-8-4-6(3-7(13)10(8)18-2)5-9-11(16)15-12(14)19-9/h3-5H,1-2H3,(H2,14,15,16)/b9-5-. The van der Waals surface area contributed by atoms with E-state index >= 15 is 0 Å². The molecule has 0 atom stereocenters. The Hall–Kier alpha value is -1.47. The Labute approximate surface area is 123 Å². The third-order valence-corrected chi connectivity index (χ3v) is 3.79. The third-order valence-electron chi connectivity index (χ3n) is 2.39. The largest absolute Gasteiger partial charge is 0.493 e. The summed E-state index contributed by atoms with van der Waals surface area (Å²) >= 11 is 4.55. The van der Waals surface area contributed by atoms with Crippen molar-refractivity contribution in [3.63, 3.8) is 0 Å². The molecule has 2 rings (SSSR count). The molecule has 2 N–H and O–H groups in total. The Bertz CT molecular complexity index is 599. The number of methoxy groups -OCH3 is 2. The zero-order chi connectivity index (χ0) is 14.0. The van der Waals surface area contributed by atoms with Crippen LogP contribution in [0.1, 0.15) is 5.56 Å². The van der Waals surface area contributed by atoms with Crippen LogP contribution in [0.4, 0.5) is 0 Å². The molecule has 0 aromatic heterocycles. The number of nitrogens with two attached hydrogens (primary N) is 1. The Balaban J connectivity index is 2.40. The summed E-state index contributed by atoms with van der Waals surface area (Å²) in [5, 5.41) is 0.260. The van der Waals surface area contributed by atoms with Crippen molar-refractivity contribution in [2.75, 3.05) is 14.2 Å². The lowest BCUT2D eigenvalue weighted by molar-refractivity contribution is -0.113. The number of ether oxygens (including phenoxy) is 2. The quantitative estimate of drug-likeness (QED) is 0.853. The highest BCUT2D eigenvalue weighted by atomic mass is 79.9. The lowest BCUT2D eigenvalue weighted by Gasteiger charge is -2.10. The summed E-state index contributed by atoms with van der Waals surface area (Å²) in [7, 11) is 3.11. The number of benzene rings is 1. The van der Waals surface area contributed by atoms with Crippen molar-refractivity contribution in [2.45, 2.75) is 0 Å². The van der Waals surface area contributed by atoms with Gasteiger partial charge in [0.05, 0.1) is 23.6 Å². The zero-order valence-corrected chi connectivity index (χ0v) is 12.7. The first-order valence-electron chi connectivity index (χ1n) is 5.24. The summed E-state index contributed by atoms with van der Waals surface area (Å²) in [6, 6.07) is 3.61. The van der Waals surface area contributed by atoms with Gasteiger partial charge in [0.1, 0.15) is 0 Å². The van der Waals surface area contributed by atoms with E-state index in [2.05, 4.69) is 20.9 Å². The van der Waals surface area contributed by atoms with E-state index in [1.54, 1.807) is 26.4 Å². The maximum absolute atomic E-state index is 11.5. The molecule has 0 aliphatic carbocycles. The highest BCUT2D eigenvalue weighted by Gasteiger charge is 2.20. The molecule has 0 unspecified atom stereocenters. The van der Waals surface area contributed by atoms with Gasteiger partial charge in [0.15, 0.2) is 16.7 Å². The molecule has 1 aliphatic rings. The maximum atomic E-state index is 11.5. The van der Waals surface area contributed by atoms with Crippen LogP contribution in [0.2, 0.25) is 0 Å². The summed E-state index contributed by atoms with van der Waals surface area (Å²) in [6.07, 6.45) is 1.71. The molecule has 0 saturated heterocycles. The first-order valence-corrected chi connectivity index (χ1v) is 6.85. The minimum Gasteiger partial charge on any atom is -0.493 e. The highest BCUT2D eigenvalue weighted by Crippen LogP contribution is 2.37. The number of aliphatic imine (C=N–C) groups is 1. The van der Waals surface area contributed by atoms with Crippen LogP contribution in [0.3, 0.4) is 0 Å². The van der Waals surface area contributed by atoms with Gasteiger partial charge in [-0.15, -0.1) is 0 Å². The van der Waals surface area contributed by atoms with Crippen LogP contribution in [-0.2, 0) is 4.79 Å². The van der Waals surface area contributed by atoms with E-state index in [4.69, 9.17) is 15.2 Å². The number of carbonyl (C=O) groups excluding carboxylic acids is 1. The molecular weight excluding hydrogens is 332 g/mol. The number of carbonyl (C=O) groups is 1. The van der Waals surface area contributed by atoms with Crippen LogP contribution < -0.4 is 15.2 Å². The third kappa shape index (κ3) is 2.93. The van der Waals surface area contributed by atoms with E-state index in [0.717, 1.165) is 21.8 Å². The van der Waals surface area contributed by atoms with Crippen LogP contribution in [0.5, 0.6) is 11.5 Å². The van der Waals surface area contributed by atoms with E-state index in [1.165, 1.54) is 0 Å². The van der Waals surface area contributed by atoms with E-state index in [1.807, 2.05) is 6.07 Å². The summed E-state index contributed by atoms with van der Waals surface area (Å²) < 4.78 is 11.2. The maximum Gasteiger partial charge on any atom is 0.286 e.